The van der Waals surface area contributed by atoms with Gasteiger partial charge in [0.25, 0.3) is 0 Å². The van der Waals surface area contributed by atoms with Crippen LogP contribution in [0.5, 0.6) is 0 Å². The highest BCUT2D eigenvalue weighted by Crippen LogP contribution is 2.39. The third kappa shape index (κ3) is 2.80. The predicted molar refractivity (Wildman–Crippen MR) is 81.0 cm³/mol. The third-order valence-corrected chi connectivity index (χ3v) is 4.81. The Morgan fingerprint density at radius 2 is 1.81 bits per heavy atom. The summed E-state index contributed by atoms with van der Waals surface area (Å²) in [7, 11) is 0. The van der Waals surface area contributed by atoms with Gasteiger partial charge < -0.3 is 10.0 Å². The van der Waals surface area contributed by atoms with E-state index in [1.165, 1.54) is 0 Å². The van der Waals surface area contributed by atoms with Gasteiger partial charge in [0, 0.05) is 13.1 Å². The van der Waals surface area contributed by atoms with Crippen LogP contribution in [0.1, 0.15) is 38.7 Å². The smallest absolute Gasteiger partial charge is 0.311 e. The lowest BCUT2D eigenvalue weighted by molar-refractivity contribution is -0.151. The van der Waals surface area contributed by atoms with Crippen LogP contribution in [0, 0.1) is 11.3 Å². The molecule has 1 amide bonds. The fourth-order valence-electron chi connectivity index (χ4n) is 3.07. The van der Waals surface area contributed by atoms with Crippen molar-refractivity contribution >= 4 is 11.9 Å². The second-order valence-corrected chi connectivity index (χ2v) is 6.26. The van der Waals surface area contributed by atoms with Gasteiger partial charge in [-0.3, -0.25) is 9.59 Å². The van der Waals surface area contributed by atoms with Gasteiger partial charge in [-0.1, -0.05) is 44.2 Å². The van der Waals surface area contributed by atoms with E-state index >= 15 is 0 Å². The molecule has 0 saturated carbocycles. The van der Waals surface area contributed by atoms with Crippen LogP contribution in [-0.4, -0.2) is 35.0 Å². The summed E-state index contributed by atoms with van der Waals surface area (Å²) in [5.74, 6) is -0.993. The quantitative estimate of drug-likeness (QED) is 0.927. The molecule has 1 unspecified atom stereocenters. The molecule has 4 nitrogen and oxygen atoms in total. The van der Waals surface area contributed by atoms with Gasteiger partial charge in [0.2, 0.25) is 5.91 Å². The van der Waals surface area contributed by atoms with Crippen LogP contribution in [0.2, 0.25) is 0 Å². The number of amides is 1. The summed E-state index contributed by atoms with van der Waals surface area (Å²) in [4.78, 5) is 26.0. The lowest BCUT2D eigenvalue weighted by Gasteiger charge is -2.29. The van der Waals surface area contributed by atoms with Gasteiger partial charge >= 0.3 is 5.97 Å². The molecule has 1 aliphatic rings. The number of nitrogens with zero attached hydrogens (tertiary/aromatic N) is 1. The van der Waals surface area contributed by atoms with E-state index in [9.17, 15) is 14.7 Å². The zero-order chi connectivity index (χ0) is 15.6. The largest absolute Gasteiger partial charge is 0.481 e. The van der Waals surface area contributed by atoms with Crippen LogP contribution in [-0.2, 0) is 9.59 Å². The summed E-state index contributed by atoms with van der Waals surface area (Å²) in [6.07, 6.45) is 0.535. The van der Waals surface area contributed by atoms with Crippen molar-refractivity contribution in [2.75, 3.05) is 13.1 Å². The molecule has 0 bridgehead atoms. The SMILES string of the molecule is CC(C)C1(C(=O)O)CCN(C(=O)[C@@H](C)c2ccccc2)C1. The van der Waals surface area contributed by atoms with Crippen molar-refractivity contribution in [2.45, 2.75) is 33.1 Å². The summed E-state index contributed by atoms with van der Waals surface area (Å²) in [6, 6.07) is 9.62. The molecule has 4 heteroatoms. The van der Waals surface area contributed by atoms with E-state index in [0.29, 0.717) is 19.5 Å². The van der Waals surface area contributed by atoms with Crippen LogP contribution in [0.3, 0.4) is 0 Å². The van der Waals surface area contributed by atoms with Gasteiger partial charge in [0.15, 0.2) is 0 Å². The lowest BCUT2D eigenvalue weighted by Crippen LogP contribution is -2.41. The van der Waals surface area contributed by atoms with E-state index in [0.717, 1.165) is 5.56 Å². The van der Waals surface area contributed by atoms with Gasteiger partial charge in [-0.25, -0.2) is 0 Å². The van der Waals surface area contributed by atoms with Crippen molar-refractivity contribution in [3.8, 4) is 0 Å². The molecule has 1 aliphatic heterocycles. The topological polar surface area (TPSA) is 57.6 Å². The maximum Gasteiger partial charge on any atom is 0.311 e. The molecule has 0 aromatic heterocycles. The van der Waals surface area contributed by atoms with Crippen LogP contribution in [0.4, 0.5) is 0 Å². The Bertz CT molecular complexity index is 526. The van der Waals surface area contributed by atoms with Crippen molar-refractivity contribution in [2.24, 2.45) is 11.3 Å². The summed E-state index contributed by atoms with van der Waals surface area (Å²) in [5.41, 5.74) is 0.173. The van der Waals surface area contributed by atoms with E-state index in [-0.39, 0.29) is 17.7 Å². The van der Waals surface area contributed by atoms with Gasteiger partial charge in [0.05, 0.1) is 11.3 Å². The number of carbonyl (C=O) groups excluding carboxylic acids is 1. The molecular weight excluding hydrogens is 266 g/mol. The van der Waals surface area contributed by atoms with Crippen molar-refractivity contribution in [3.05, 3.63) is 35.9 Å². The van der Waals surface area contributed by atoms with Crippen LogP contribution in [0.15, 0.2) is 30.3 Å². The average molecular weight is 289 g/mol. The Labute approximate surface area is 125 Å². The molecule has 114 valence electrons. The Kier molecular flexibility index (Phi) is 4.35. The van der Waals surface area contributed by atoms with E-state index in [1.807, 2.05) is 51.1 Å². The highest BCUT2D eigenvalue weighted by molar-refractivity contribution is 5.85. The van der Waals surface area contributed by atoms with Gasteiger partial charge in [-0.05, 0) is 24.8 Å². The number of carbonyl (C=O) groups is 2. The minimum atomic E-state index is -0.800. The maximum atomic E-state index is 12.6. The Morgan fingerprint density at radius 3 is 2.29 bits per heavy atom. The predicted octanol–water partition coefficient (Wildman–Crippen LogP) is 2.75. The minimum Gasteiger partial charge on any atom is -0.481 e. The number of rotatable bonds is 4. The molecule has 1 aromatic rings. The van der Waals surface area contributed by atoms with E-state index in [1.54, 1.807) is 4.90 Å². The number of carboxylic acid groups (broad SMARTS) is 1. The second-order valence-electron chi connectivity index (χ2n) is 6.26. The number of hydrogen-bond acceptors (Lipinski definition) is 2. The zero-order valence-corrected chi connectivity index (χ0v) is 12.9. The number of aliphatic carboxylic acids is 1. The molecule has 2 atom stereocenters. The van der Waals surface area contributed by atoms with E-state index in [2.05, 4.69) is 0 Å². The van der Waals surface area contributed by atoms with Gasteiger partial charge in [0.1, 0.15) is 0 Å². The molecule has 1 aromatic carbocycles. The summed E-state index contributed by atoms with van der Waals surface area (Å²) >= 11 is 0. The molecule has 1 fully saturated rings. The average Bonchev–Trinajstić information content (AvgIpc) is 2.93. The highest BCUT2D eigenvalue weighted by Gasteiger charge is 2.48. The molecule has 0 aliphatic carbocycles. The van der Waals surface area contributed by atoms with Gasteiger partial charge in [-0.15, -0.1) is 0 Å². The summed E-state index contributed by atoms with van der Waals surface area (Å²) < 4.78 is 0. The fraction of sp³-hybridized carbons (Fsp3) is 0.529. The third-order valence-electron chi connectivity index (χ3n) is 4.81. The summed E-state index contributed by atoms with van der Waals surface area (Å²) in [6.45, 7) is 6.57. The molecule has 21 heavy (non-hydrogen) atoms. The van der Waals surface area contributed by atoms with E-state index < -0.39 is 11.4 Å². The first kappa shape index (κ1) is 15.5. The minimum absolute atomic E-state index is 0.0137. The van der Waals surface area contributed by atoms with Crippen LogP contribution in [0.25, 0.3) is 0 Å². The van der Waals surface area contributed by atoms with Crippen LogP contribution >= 0.6 is 0 Å². The Hall–Kier alpha value is -1.84. The molecule has 1 N–H and O–H groups in total. The standard InChI is InChI=1S/C17H23NO3/c1-12(2)17(16(20)21)9-10-18(11-17)15(19)13(3)14-7-5-4-6-8-14/h4-8,12-13H,9-11H2,1-3H3,(H,20,21)/t13-,17?/m0/s1. The van der Waals surface area contributed by atoms with Gasteiger partial charge in [-0.2, -0.15) is 0 Å². The second kappa shape index (κ2) is 5.88. The number of benzene rings is 1. The van der Waals surface area contributed by atoms with Crippen molar-refractivity contribution in [1.82, 2.24) is 4.90 Å². The zero-order valence-electron chi connectivity index (χ0n) is 12.9. The molecule has 0 radical (unpaired) electrons. The number of hydrogen-bond donors (Lipinski definition) is 1. The number of likely N-dealkylation sites (tertiary alicyclic amines) is 1. The first-order valence-electron chi connectivity index (χ1n) is 7.45. The molecule has 2 rings (SSSR count). The highest BCUT2D eigenvalue weighted by atomic mass is 16.4. The lowest BCUT2D eigenvalue weighted by atomic mass is 9.76. The monoisotopic (exact) mass is 289 g/mol. The molecule has 1 saturated heterocycles. The Balaban J connectivity index is 2.14. The molecule has 0 spiro atoms. The first-order chi connectivity index (χ1) is 9.88. The normalized spacial score (nSPS) is 23.3. The molecule has 1 heterocycles. The molecular formula is C17H23NO3. The van der Waals surface area contributed by atoms with Crippen molar-refractivity contribution in [1.29, 1.82) is 0 Å². The first-order valence-corrected chi connectivity index (χ1v) is 7.45. The van der Waals surface area contributed by atoms with Crippen molar-refractivity contribution in [3.63, 3.8) is 0 Å². The fourth-order valence-corrected chi connectivity index (χ4v) is 3.07. The Morgan fingerprint density at radius 1 is 1.19 bits per heavy atom. The van der Waals surface area contributed by atoms with Crippen LogP contribution < -0.4 is 0 Å². The van der Waals surface area contributed by atoms with E-state index in [4.69, 9.17) is 0 Å². The summed E-state index contributed by atoms with van der Waals surface area (Å²) in [5, 5.41) is 9.55. The van der Waals surface area contributed by atoms with Crippen molar-refractivity contribution < 1.29 is 14.7 Å². The number of carboxylic acids is 1. The maximum absolute atomic E-state index is 12.6.